The molecule has 1 saturated carbocycles. The summed E-state index contributed by atoms with van der Waals surface area (Å²) in [6.07, 6.45) is 10.6. The first kappa shape index (κ1) is 15.0. The molecule has 0 heterocycles. The molecule has 0 aliphatic heterocycles. The van der Waals surface area contributed by atoms with E-state index in [4.69, 9.17) is 5.73 Å². The maximum atomic E-state index is 5.97. The second kappa shape index (κ2) is 8.93. The van der Waals surface area contributed by atoms with Crippen molar-refractivity contribution in [2.75, 3.05) is 19.6 Å². The van der Waals surface area contributed by atoms with E-state index in [1.165, 1.54) is 71.0 Å². The molecule has 0 aromatic rings. The molecule has 0 bridgehead atoms. The molecule has 0 radical (unpaired) electrons. The number of unbranched alkanes of at least 4 members (excludes halogenated alkanes) is 2. The Kier molecular flexibility index (Phi) is 7.87. The summed E-state index contributed by atoms with van der Waals surface area (Å²) in [4.78, 5) is 2.70. The lowest BCUT2D eigenvalue weighted by molar-refractivity contribution is 0.190. The number of hydrogen-bond acceptors (Lipinski definition) is 2. The topological polar surface area (TPSA) is 29.3 Å². The maximum Gasteiger partial charge on any atom is 0.00390 e. The summed E-state index contributed by atoms with van der Waals surface area (Å²) in [6.45, 7) is 8.51. The van der Waals surface area contributed by atoms with E-state index in [0.29, 0.717) is 6.04 Å². The van der Waals surface area contributed by atoms with Crippen LogP contribution in [-0.2, 0) is 0 Å². The molecule has 17 heavy (non-hydrogen) atoms. The number of nitrogens with zero attached hydrogens (tertiary/aromatic N) is 1. The van der Waals surface area contributed by atoms with Gasteiger partial charge in [-0.05, 0) is 57.5 Å². The molecule has 1 fully saturated rings. The molecule has 1 aliphatic rings. The van der Waals surface area contributed by atoms with Gasteiger partial charge in [0.2, 0.25) is 0 Å². The van der Waals surface area contributed by atoms with E-state index in [9.17, 15) is 0 Å². The predicted octanol–water partition coefficient (Wildman–Crippen LogP) is 3.41. The van der Waals surface area contributed by atoms with Crippen molar-refractivity contribution in [2.24, 2.45) is 11.7 Å². The van der Waals surface area contributed by atoms with Crippen LogP contribution in [0.2, 0.25) is 0 Å². The van der Waals surface area contributed by atoms with Crippen molar-refractivity contribution in [3.63, 3.8) is 0 Å². The van der Waals surface area contributed by atoms with Gasteiger partial charge in [-0.2, -0.15) is 0 Å². The van der Waals surface area contributed by atoms with Gasteiger partial charge < -0.3 is 10.6 Å². The molecule has 0 unspecified atom stereocenters. The summed E-state index contributed by atoms with van der Waals surface area (Å²) in [7, 11) is 0. The van der Waals surface area contributed by atoms with Crippen LogP contribution in [0.5, 0.6) is 0 Å². The lowest BCUT2D eigenvalue weighted by Gasteiger charge is -2.31. The molecule has 0 atom stereocenters. The van der Waals surface area contributed by atoms with Gasteiger partial charge in [-0.1, -0.05) is 26.7 Å². The van der Waals surface area contributed by atoms with Gasteiger partial charge in [0.1, 0.15) is 0 Å². The smallest absolute Gasteiger partial charge is 0.00390 e. The van der Waals surface area contributed by atoms with E-state index >= 15 is 0 Å². The molecule has 0 aromatic carbocycles. The summed E-state index contributed by atoms with van der Waals surface area (Å²) in [5.74, 6) is 0.920. The molecule has 102 valence electrons. The van der Waals surface area contributed by atoms with E-state index in [2.05, 4.69) is 18.7 Å². The van der Waals surface area contributed by atoms with Crippen molar-refractivity contribution >= 4 is 0 Å². The van der Waals surface area contributed by atoms with Crippen LogP contribution < -0.4 is 5.73 Å². The Morgan fingerprint density at radius 2 is 1.47 bits per heavy atom. The molecule has 0 aromatic heterocycles. The van der Waals surface area contributed by atoms with Crippen LogP contribution in [0.3, 0.4) is 0 Å². The Morgan fingerprint density at radius 3 is 1.94 bits per heavy atom. The Balaban J connectivity index is 2.25. The highest BCUT2D eigenvalue weighted by atomic mass is 15.1. The Labute approximate surface area is 108 Å². The zero-order valence-electron chi connectivity index (χ0n) is 12.0. The highest BCUT2D eigenvalue weighted by Crippen LogP contribution is 2.24. The van der Waals surface area contributed by atoms with Crippen molar-refractivity contribution in [3.05, 3.63) is 0 Å². The molecule has 2 N–H and O–H groups in total. The normalized spacial score (nSPS) is 25.4. The average molecular weight is 240 g/mol. The summed E-state index contributed by atoms with van der Waals surface area (Å²) in [5, 5.41) is 0. The third kappa shape index (κ3) is 6.42. The first-order valence-electron chi connectivity index (χ1n) is 7.74. The van der Waals surface area contributed by atoms with Crippen molar-refractivity contribution in [3.8, 4) is 0 Å². The van der Waals surface area contributed by atoms with Crippen LogP contribution in [0.1, 0.15) is 65.2 Å². The standard InChI is InChI=1S/C15H32N2/c1-3-5-11-17(12-6-4-2)13-14-7-9-15(16)10-8-14/h14-15H,3-13,16H2,1-2H3. The monoisotopic (exact) mass is 240 g/mol. The van der Waals surface area contributed by atoms with Crippen LogP contribution in [0.25, 0.3) is 0 Å². The van der Waals surface area contributed by atoms with Crippen molar-refractivity contribution in [1.82, 2.24) is 4.90 Å². The van der Waals surface area contributed by atoms with E-state index in [-0.39, 0.29) is 0 Å². The van der Waals surface area contributed by atoms with Crippen molar-refractivity contribution in [1.29, 1.82) is 0 Å². The fourth-order valence-corrected chi connectivity index (χ4v) is 2.79. The number of hydrogen-bond donors (Lipinski definition) is 1. The van der Waals surface area contributed by atoms with Gasteiger partial charge in [-0.3, -0.25) is 0 Å². The van der Waals surface area contributed by atoms with Crippen LogP contribution >= 0.6 is 0 Å². The average Bonchev–Trinajstić information content (AvgIpc) is 2.35. The molecule has 0 amide bonds. The maximum absolute atomic E-state index is 5.97. The minimum atomic E-state index is 0.492. The van der Waals surface area contributed by atoms with Gasteiger partial charge in [-0.15, -0.1) is 0 Å². The molecular weight excluding hydrogens is 208 g/mol. The highest BCUT2D eigenvalue weighted by molar-refractivity contribution is 4.76. The van der Waals surface area contributed by atoms with Gasteiger partial charge in [0.25, 0.3) is 0 Å². The van der Waals surface area contributed by atoms with Gasteiger partial charge >= 0.3 is 0 Å². The third-order valence-electron chi connectivity index (χ3n) is 4.06. The zero-order valence-corrected chi connectivity index (χ0v) is 12.0. The lowest BCUT2D eigenvalue weighted by Crippen LogP contribution is -2.35. The van der Waals surface area contributed by atoms with Gasteiger partial charge in [0, 0.05) is 12.6 Å². The minimum Gasteiger partial charge on any atom is -0.328 e. The van der Waals surface area contributed by atoms with Gasteiger partial charge in [0.15, 0.2) is 0 Å². The second-order valence-corrected chi connectivity index (χ2v) is 5.79. The van der Waals surface area contributed by atoms with E-state index in [1.54, 1.807) is 0 Å². The van der Waals surface area contributed by atoms with Crippen LogP contribution in [0, 0.1) is 5.92 Å². The number of rotatable bonds is 8. The summed E-state index contributed by atoms with van der Waals surface area (Å²) >= 11 is 0. The predicted molar refractivity (Wildman–Crippen MR) is 76.2 cm³/mol. The highest BCUT2D eigenvalue weighted by Gasteiger charge is 2.20. The Morgan fingerprint density at radius 1 is 0.941 bits per heavy atom. The Bertz CT molecular complexity index is 166. The summed E-state index contributed by atoms with van der Waals surface area (Å²) in [6, 6.07) is 0.492. The molecule has 2 nitrogen and oxygen atoms in total. The first-order valence-corrected chi connectivity index (χ1v) is 7.74. The Hall–Kier alpha value is -0.0800. The molecule has 1 aliphatic carbocycles. The second-order valence-electron chi connectivity index (χ2n) is 5.79. The molecule has 1 rings (SSSR count). The third-order valence-corrected chi connectivity index (χ3v) is 4.06. The zero-order chi connectivity index (χ0) is 12.5. The molecular formula is C15H32N2. The van der Waals surface area contributed by atoms with E-state index in [0.717, 1.165) is 5.92 Å². The largest absolute Gasteiger partial charge is 0.328 e. The summed E-state index contributed by atoms with van der Waals surface area (Å²) < 4.78 is 0. The quantitative estimate of drug-likeness (QED) is 0.704. The van der Waals surface area contributed by atoms with Crippen molar-refractivity contribution in [2.45, 2.75) is 71.3 Å². The fourth-order valence-electron chi connectivity index (χ4n) is 2.79. The van der Waals surface area contributed by atoms with Crippen LogP contribution in [-0.4, -0.2) is 30.6 Å². The molecule has 2 heteroatoms. The fraction of sp³-hybridized carbons (Fsp3) is 1.00. The number of nitrogens with two attached hydrogens (primary N) is 1. The van der Waals surface area contributed by atoms with E-state index in [1.807, 2.05) is 0 Å². The van der Waals surface area contributed by atoms with E-state index < -0.39 is 0 Å². The SMILES string of the molecule is CCCCN(CCCC)CC1CCC(N)CC1. The molecule has 0 spiro atoms. The van der Waals surface area contributed by atoms with Gasteiger partial charge in [-0.25, -0.2) is 0 Å². The van der Waals surface area contributed by atoms with Crippen molar-refractivity contribution < 1.29 is 0 Å². The molecule has 0 saturated heterocycles. The summed E-state index contributed by atoms with van der Waals surface area (Å²) in [5.41, 5.74) is 5.97. The minimum absolute atomic E-state index is 0.492. The van der Waals surface area contributed by atoms with Crippen LogP contribution in [0.15, 0.2) is 0 Å². The van der Waals surface area contributed by atoms with Gasteiger partial charge in [0.05, 0.1) is 0 Å². The lowest BCUT2D eigenvalue weighted by atomic mass is 9.86. The van der Waals surface area contributed by atoms with Crippen LogP contribution in [0.4, 0.5) is 0 Å². The first-order chi connectivity index (χ1) is 8.26.